The standard InChI is InChI=1S/C8H12N6O2/c1-14(6-5-9-16-8(6)15)4-2-3-7-10-12-13-11-7/h5,9H,2-4H2,1H3,(H,10,11,12,13). The van der Waals surface area contributed by atoms with Crippen molar-refractivity contribution in [3.63, 3.8) is 0 Å². The number of nitrogens with one attached hydrogen (secondary N) is 2. The molecule has 0 unspecified atom stereocenters. The fourth-order valence-electron chi connectivity index (χ4n) is 1.40. The maximum atomic E-state index is 11.2. The molecule has 0 saturated carbocycles. The van der Waals surface area contributed by atoms with Gasteiger partial charge in [0.15, 0.2) is 5.82 Å². The van der Waals surface area contributed by atoms with Crippen molar-refractivity contribution in [1.29, 1.82) is 0 Å². The molecule has 2 heterocycles. The molecule has 86 valence electrons. The number of H-pyrrole nitrogens is 2. The van der Waals surface area contributed by atoms with E-state index in [9.17, 15) is 4.79 Å². The van der Waals surface area contributed by atoms with Crippen LogP contribution in [0.25, 0.3) is 0 Å². The lowest BCUT2D eigenvalue weighted by Gasteiger charge is -2.14. The molecule has 0 saturated heterocycles. The van der Waals surface area contributed by atoms with Crippen molar-refractivity contribution >= 4 is 5.69 Å². The van der Waals surface area contributed by atoms with Crippen LogP contribution in [0, 0.1) is 0 Å². The fourth-order valence-corrected chi connectivity index (χ4v) is 1.40. The van der Waals surface area contributed by atoms with E-state index in [0.29, 0.717) is 11.5 Å². The highest BCUT2D eigenvalue weighted by Crippen LogP contribution is 2.05. The molecule has 2 N–H and O–H groups in total. The maximum Gasteiger partial charge on any atom is 0.380 e. The summed E-state index contributed by atoms with van der Waals surface area (Å²) in [7, 11) is 1.83. The van der Waals surface area contributed by atoms with Crippen LogP contribution in [0.3, 0.4) is 0 Å². The van der Waals surface area contributed by atoms with Gasteiger partial charge in [-0.2, -0.15) is 5.21 Å². The Morgan fingerprint density at radius 2 is 2.44 bits per heavy atom. The zero-order valence-electron chi connectivity index (χ0n) is 8.80. The maximum absolute atomic E-state index is 11.2. The monoisotopic (exact) mass is 224 g/mol. The van der Waals surface area contributed by atoms with Gasteiger partial charge in [0.1, 0.15) is 5.69 Å². The topological polar surface area (TPSA) is 104 Å². The molecule has 0 aliphatic carbocycles. The van der Waals surface area contributed by atoms with E-state index in [4.69, 9.17) is 0 Å². The minimum Gasteiger partial charge on any atom is -0.367 e. The third kappa shape index (κ3) is 2.27. The van der Waals surface area contributed by atoms with Crippen LogP contribution < -0.4 is 10.5 Å². The Morgan fingerprint density at radius 1 is 1.56 bits per heavy atom. The van der Waals surface area contributed by atoms with Gasteiger partial charge in [-0.25, -0.2) is 9.95 Å². The highest BCUT2D eigenvalue weighted by atomic mass is 16.5. The van der Waals surface area contributed by atoms with Crippen LogP contribution in [0.15, 0.2) is 15.5 Å². The van der Waals surface area contributed by atoms with E-state index in [0.717, 1.165) is 19.4 Å². The predicted molar refractivity (Wildman–Crippen MR) is 55.1 cm³/mol. The summed E-state index contributed by atoms with van der Waals surface area (Å²) < 4.78 is 4.58. The van der Waals surface area contributed by atoms with Crippen molar-refractivity contribution in [2.24, 2.45) is 0 Å². The second-order valence-electron chi connectivity index (χ2n) is 3.39. The van der Waals surface area contributed by atoms with E-state index in [1.807, 2.05) is 11.9 Å². The highest BCUT2D eigenvalue weighted by molar-refractivity contribution is 5.39. The summed E-state index contributed by atoms with van der Waals surface area (Å²) in [4.78, 5) is 13.0. The van der Waals surface area contributed by atoms with E-state index < -0.39 is 0 Å². The SMILES string of the molecule is CN(CCCc1nn[nH]n1)c1c[nH]oc1=O. The molecule has 16 heavy (non-hydrogen) atoms. The summed E-state index contributed by atoms with van der Waals surface area (Å²) in [6.45, 7) is 0.719. The lowest BCUT2D eigenvalue weighted by atomic mass is 10.3. The van der Waals surface area contributed by atoms with E-state index in [-0.39, 0.29) is 5.63 Å². The van der Waals surface area contributed by atoms with Crippen LogP contribution in [0.1, 0.15) is 12.2 Å². The molecule has 8 heteroatoms. The Labute approximate surface area is 90.6 Å². The molecule has 0 spiro atoms. The van der Waals surface area contributed by atoms with Crippen LogP contribution in [0.4, 0.5) is 5.69 Å². The van der Waals surface area contributed by atoms with Crippen molar-refractivity contribution in [3.8, 4) is 0 Å². The van der Waals surface area contributed by atoms with Crippen LogP contribution in [0.5, 0.6) is 0 Å². The van der Waals surface area contributed by atoms with E-state index in [1.165, 1.54) is 6.20 Å². The number of tetrazole rings is 1. The summed E-state index contributed by atoms with van der Waals surface area (Å²) in [6, 6.07) is 0. The summed E-state index contributed by atoms with van der Waals surface area (Å²) in [5.74, 6) is 0.675. The second-order valence-corrected chi connectivity index (χ2v) is 3.39. The van der Waals surface area contributed by atoms with Gasteiger partial charge < -0.3 is 9.42 Å². The molecule has 0 radical (unpaired) electrons. The lowest BCUT2D eigenvalue weighted by Crippen LogP contribution is -2.23. The van der Waals surface area contributed by atoms with Crippen LogP contribution >= 0.6 is 0 Å². The first kappa shape index (κ1) is 10.4. The average molecular weight is 224 g/mol. The summed E-state index contributed by atoms with van der Waals surface area (Å²) >= 11 is 0. The number of nitrogens with zero attached hydrogens (tertiary/aromatic N) is 4. The van der Waals surface area contributed by atoms with Gasteiger partial charge in [-0.15, -0.1) is 10.2 Å². The molecule has 0 aromatic carbocycles. The van der Waals surface area contributed by atoms with Gasteiger partial charge in [0.2, 0.25) is 0 Å². The molecule has 0 aliphatic heterocycles. The largest absolute Gasteiger partial charge is 0.380 e. The van der Waals surface area contributed by atoms with Crippen molar-refractivity contribution in [1.82, 2.24) is 25.8 Å². The predicted octanol–water partition coefficient (Wildman–Crippen LogP) is -0.450. The first-order valence-electron chi connectivity index (χ1n) is 4.87. The van der Waals surface area contributed by atoms with Crippen molar-refractivity contribution in [2.75, 3.05) is 18.5 Å². The van der Waals surface area contributed by atoms with Gasteiger partial charge in [-0.3, -0.25) is 0 Å². The molecule has 0 aliphatic rings. The Balaban J connectivity index is 1.83. The number of hydrogen-bond donors (Lipinski definition) is 2. The minimum atomic E-state index is -0.359. The number of aryl methyl sites for hydroxylation is 1. The highest BCUT2D eigenvalue weighted by Gasteiger charge is 2.08. The van der Waals surface area contributed by atoms with Gasteiger partial charge in [0, 0.05) is 20.0 Å². The Kier molecular flexibility index (Phi) is 2.99. The lowest BCUT2D eigenvalue weighted by molar-refractivity contribution is 0.391. The first-order valence-corrected chi connectivity index (χ1v) is 4.87. The third-order valence-corrected chi connectivity index (χ3v) is 2.25. The summed E-state index contributed by atoms with van der Waals surface area (Å²) in [5, 5.41) is 16.0. The third-order valence-electron chi connectivity index (χ3n) is 2.25. The Bertz CT molecular complexity index is 473. The molecule has 2 aromatic rings. The van der Waals surface area contributed by atoms with E-state index >= 15 is 0 Å². The molecule has 0 amide bonds. The quantitative estimate of drug-likeness (QED) is 0.712. The van der Waals surface area contributed by atoms with Crippen LogP contribution in [-0.2, 0) is 6.42 Å². The number of rotatable bonds is 5. The average Bonchev–Trinajstić information content (AvgIpc) is 2.88. The van der Waals surface area contributed by atoms with Crippen molar-refractivity contribution in [3.05, 3.63) is 22.4 Å². The van der Waals surface area contributed by atoms with Gasteiger partial charge in [-0.1, -0.05) is 5.21 Å². The molecule has 0 fully saturated rings. The van der Waals surface area contributed by atoms with E-state index in [2.05, 4.69) is 30.3 Å². The molecular formula is C8H12N6O2. The fraction of sp³-hybridized carbons (Fsp3) is 0.500. The Morgan fingerprint density at radius 3 is 3.06 bits per heavy atom. The zero-order valence-corrected chi connectivity index (χ0v) is 8.80. The van der Waals surface area contributed by atoms with Gasteiger partial charge in [0.05, 0.1) is 6.20 Å². The molecule has 2 rings (SSSR count). The summed E-state index contributed by atoms with van der Waals surface area (Å²) in [6.07, 6.45) is 3.09. The zero-order chi connectivity index (χ0) is 11.4. The van der Waals surface area contributed by atoms with Gasteiger partial charge in [0.25, 0.3) is 0 Å². The normalized spacial score (nSPS) is 10.6. The molecular weight excluding hydrogens is 212 g/mol. The summed E-state index contributed by atoms with van der Waals surface area (Å²) in [5.41, 5.74) is 0.162. The van der Waals surface area contributed by atoms with Crippen molar-refractivity contribution in [2.45, 2.75) is 12.8 Å². The smallest absolute Gasteiger partial charge is 0.367 e. The molecule has 8 nitrogen and oxygen atoms in total. The molecule has 0 bridgehead atoms. The molecule has 0 atom stereocenters. The van der Waals surface area contributed by atoms with E-state index in [1.54, 1.807) is 0 Å². The van der Waals surface area contributed by atoms with Crippen LogP contribution in [-0.4, -0.2) is 39.4 Å². The number of aromatic nitrogens is 5. The van der Waals surface area contributed by atoms with Crippen LogP contribution in [0.2, 0.25) is 0 Å². The number of anilines is 1. The minimum absolute atomic E-state index is 0.359. The van der Waals surface area contributed by atoms with Crippen molar-refractivity contribution < 1.29 is 4.52 Å². The van der Waals surface area contributed by atoms with Gasteiger partial charge in [-0.05, 0) is 6.42 Å². The second kappa shape index (κ2) is 4.60. The Hall–Kier alpha value is -2.12. The number of hydrogen-bond acceptors (Lipinski definition) is 6. The van der Waals surface area contributed by atoms with Gasteiger partial charge >= 0.3 is 5.63 Å². The molecule has 2 aromatic heterocycles. The number of aromatic amines is 2. The first-order chi connectivity index (χ1) is 7.77.